The van der Waals surface area contributed by atoms with E-state index in [1.165, 1.54) is 12.1 Å². The fourth-order valence-electron chi connectivity index (χ4n) is 2.37. The van der Waals surface area contributed by atoms with Gasteiger partial charge in [0.1, 0.15) is 0 Å². The highest BCUT2D eigenvalue weighted by Gasteiger charge is 2.52. The van der Waals surface area contributed by atoms with E-state index in [1.54, 1.807) is 12.1 Å². The number of nitrogens with one attached hydrogen (secondary N) is 1. The Bertz CT molecular complexity index is 711. The molecule has 0 amide bonds. The maximum Gasteiger partial charge on any atom is 0.491 e. The van der Waals surface area contributed by atoms with E-state index in [0.29, 0.717) is 6.54 Å². The zero-order chi connectivity index (χ0) is 18.2. The molecule has 0 aromatic heterocycles. The van der Waals surface area contributed by atoms with Crippen molar-refractivity contribution in [3.8, 4) is 0 Å². The lowest BCUT2D eigenvalue weighted by molar-refractivity contribution is 0.00578. The summed E-state index contributed by atoms with van der Waals surface area (Å²) in [5.74, 6) is 0. The zero-order valence-corrected chi connectivity index (χ0v) is 15.6. The van der Waals surface area contributed by atoms with E-state index in [-0.39, 0.29) is 4.90 Å². The summed E-state index contributed by atoms with van der Waals surface area (Å²) in [5, 5.41) is 8.23. The molecular formula is C16H25BN2O4S. The molecule has 1 aromatic rings. The van der Waals surface area contributed by atoms with Gasteiger partial charge in [0.05, 0.1) is 16.1 Å². The largest absolute Gasteiger partial charge is 0.491 e. The third-order valence-corrected chi connectivity index (χ3v) is 5.43. The summed E-state index contributed by atoms with van der Waals surface area (Å²) < 4.78 is 34.8. The van der Waals surface area contributed by atoms with Gasteiger partial charge in [0, 0.05) is 6.54 Å². The lowest BCUT2D eigenvalue weighted by Crippen LogP contribution is -2.41. The van der Waals surface area contributed by atoms with Gasteiger partial charge in [0.25, 0.3) is 0 Å². The molecule has 1 fully saturated rings. The number of rotatable bonds is 5. The van der Waals surface area contributed by atoms with Crippen molar-refractivity contribution in [1.29, 1.82) is 0 Å². The Morgan fingerprint density at radius 2 is 1.67 bits per heavy atom. The first-order valence-electron chi connectivity index (χ1n) is 7.80. The van der Waals surface area contributed by atoms with Crippen LogP contribution < -0.4 is 10.5 Å². The van der Waals surface area contributed by atoms with Gasteiger partial charge in [-0.25, -0.2) is 13.6 Å². The van der Waals surface area contributed by atoms with Crippen LogP contribution in [0.5, 0.6) is 0 Å². The van der Waals surface area contributed by atoms with Gasteiger partial charge >= 0.3 is 7.12 Å². The quantitative estimate of drug-likeness (QED) is 0.785. The molecule has 0 radical (unpaired) electrons. The minimum atomic E-state index is -3.69. The summed E-state index contributed by atoms with van der Waals surface area (Å²) >= 11 is 0. The van der Waals surface area contributed by atoms with Crippen molar-refractivity contribution >= 4 is 23.2 Å². The molecule has 1 heterocycles. The molecule has 0 bridgehead atoms. The van der Waals surface area contributed by atoms with Gasteiger partial charge in [-0.05, 0) is 57.9 Å². The minimum absolute atomic E-state index is 0.0884. The number of sulfonamides is 1. The molecule has 1 aliphatic rings. The lowest BCUT2D eigenvalue weighted by Gasteiger charge is -2.32. The summed E-state index contributed by atoms with van der Waals surface area (Å²) in [6, 6.07) is 6.39. The van der Waals surface area contributed by atoms with Crippen molar-refractivity contribution in [2.45, 2.75) is 43.8 Å². The summed E-state index contributed by atoms with van der Waals surface area (Å²) in [4.78, 5) is 0.0884. The molecule has 3 N–H and O–H groups in total. The van der Waals surface area contributed by atoms with Crippen LogP contribution in [0.2, 0.25) is 0 Å². The Labute approximate surface area is 144 Å². The maximum atomic E-state index is 11.3. The summed E-state index contributed by atoms with van der Waals surface area (Å²) in [6.07, 6.45) is 1.94. The highest BCUT2D eigenvalue weighted by molar-refractivity contribution is 7.89. The molecule has 2 rings (SSSR count). The predicted octanol–water partition coefficient (Wildman–Crippen LogP) is 1.57. The summed E-state index contributed by atoms with van der Waals surface area (Å²) in [7, 11) is -2.29. The van der Waals surface area contributed by atoms with Crippen molar-refractivity contribution in [2.75, 3.05) is 13.6 Å². The monoisotopic (exact) mass is 352 g/mol. The Morgan fingerprint density at radius 1 is 1.17 bits per heavy atom. The molecule has 1 aliphatic heterocycles. The average Bonchev–Trinajstić information content (AvgIpc) is 2.66. The Balaban J connectivity index is 2.30. The number of hydrogen-bond acceptors (Lipinski definition) is 5. The average molecular weight is 352 g/mol. The molecule has 6 nitrogen and oxygen atoms in total. The molecular weight excluding hydrogens is 327 g/mol. The molecule has 0 saturated carbocycles. The van der Waals surface area contributed by atoms with E-state index in [9.17, 15) is 8.42 Å². The second-order valence-electron chi connectivity index (χ2n) is 6.95. The Morgan fingerprint density at radius 3 is 2.08 bits per heavy atom. The van der Waals surface area contributed by atoms with Gasteiger partial charge in [-0.2, -0.15) is 0 Å². The van der Waals surface area contributed by atoms with Gasteiger partial charge < -0.3 is 14.6 Å². The van der Waals surface area contributed by atoms with Crippen molar-refractivity contribution in [3.63, 3.8) is 0 Å². The molecule has 132 valence electrons. The van der Waals surface area contributed by atoms with Crippen LogP contribution in [0.15, 0.2) is 34.6 Å². The first-order chi connectivity index (χ1) is 11.0. The van der Waals surface area contributed by atoms with Crippen LogP contribution in [0, 0.1) is 0 Å². The van der Waals surface area contributed by atoms with E-state index in [2.05, 4.69) is 5.32 Å². The molecule has 0 aliphatic carbocycles. The normalized spacial score (nSPS) is 20.4. The van der Waals surface area contributed by atoms with Crippen LogP contribution in [0.1, 0.15) is 33.3 Å². The topological polar surface area (TPSA) is 90.7 Å². The van der Waals surface area contributed by atoms with Crippen molar-refractivity contribution in [1.82, 2.24) is 5.32 Å². The smallest absolute Gasteiger partial charge is 0.400 e. The standard InChI is InChI=1S/C16H25BN2O4S/c1-15(2)16(3,4)23-17(22-15)13(11-19-5)10-12-6-8-14(9-7-12)24(18,20)21/h6-10,19H,11H2,1-5H3,(H2,18,20,21). The first-order valence-corrected chi connectivity index (χ1v) is 9.34. The number of likely N-dealkylation sites (N-methyl/N-ethyl adjacent to an activating group) is 1. The lowest BCUT2D eigenvalue weighted by atomic mass is 9.77. The molecule has 0 spiro atoms. The van der Waals surface area contributed by atoms with Gasteiger partial charge in [-0.3, -0.25) is 0 Å². The molecule has 0 atom stereocenters. The van der Waals surface area contributed by atoms with Crippen LogP contribution in [-0.2, 0) is 19.3 Å². The van der Waals surface area contributed by atoms with Crippen LogP contribution in [0.4, 0.5) is 0 Å². The van der Waals surface area contributed by atoms with E-state index in [4.69, 9.17) is 14.4 Å². The maximum absolute atomic E-state index is 11.3. The second-order valence-corrected chi connectivity index (χ2v) is 8.51. The van der Waals surface area contributed by atoms with E-state index in [1.807, 2.05) is 40.8 Å². The summed E-state index contributed by atoms with van der Waals surface area (Å²) in [5.41, 5.74) is 0.950. The van der Waals surface area contributed by atoms with Gasteiger partial charge in [0.15, 0.2) is 0 Å². The van der Waals surface area contributed by atoms with Gasteiger partial charge in [-0.1, -0.05) is 18.2 Å². The molecule has 24 heavy (non-hydrogen) atoms. The Kier molecular flexibility index (Phi) is 5.27. The van der Waals surface area contributed by atoms with E-state index >= 15 is 0 Å². The third kappa shape index (κ3) is 4.07. The van der Waals surface area contributed by atoms with Crippen molar-refractivity contribution in [3.05, 3.63) is 35.3 Å². The number of nitrogens with two attached hydrogens (primary N) is 1. The third-order valence-electron chi connectivity index (χ3n) is 4.50. The molecule has 1 aromatic carbocycles. The minimum Gasteiger partial charge on any atom is -0.400 e. The highest BCUT2D eigenvalue weighted by atomic mass is 32.2. The molecule has 1 saturated heterocycles. The first kappa shape index (κ1) is 19.1. The number of benzene rings is 1. The van der Waals surface area contributed by atoms with Crippen molar-refractivity contribution in [2.24, 2.45) is 5.14 Å². The van der Waals surface area contributed by atoms with Crippen LogP contribution >= 0.6 is 0 Å². The second kappa shape index (κ2) is 6.61. The summed E-state index contributed by atoms with van der Waals surface area (Å²) in [6.45, 7) is 8.61. The van der Waals surface area contributed by atoms with Crippen LogP contribution in [0.3, 0.4) is 0 Å². The van der Waals surface area contributed by atoms with Crippen LogP contribution in [0.25, 0.3) is 6.08 Å². The zero-order valence-electron chi connectivity index (χ0n) is 14.8. The SMILES string of the molecule is CNCC(=Cc1ccc(S(N)(=O)=O)cc1)B1OC(C)(C)C(C)(C)O1. The number of hydrogen-bond donors (Lipinski definition) is 2. The number of primary sulfonamides is 1. The van der Waals surface area contributed by atoms with E-state index in [0.717, 1.165) is 11.0 Å². The van der Waals surface area contributed by atoms with Crippen molar-refractivity contribution < 1.29 is 17.7 Å². The predicted molar refractivity (Wildman–Crippen MR) is 95.8 cm³/mol. The van der Waals surface area contributed by atoms with Gasteiger partial charge in [-0.15, -0.1) is 0 Å². The van der Waals surface area contributed by atoms with Gasteiger partial charge in [0.2, 0.25) is 10.0 Å². The fourth-order valence-corrected chi connectivity index (χ4v) is 2.88. The van der Waals surface area contributed by atoms with Crippen LogP contribution in [-0.4, -0.2) is 40.3 Å². The molecule has 0 unspecified atom stereocenters. The molecule has 8 heteroatoms. The highest BCUT2D eigenvalue weighted by Crippen LogP contribution is 2.38. The van der Waals surface area contributed by atoms with E-state index < -0.39 is 28.3 Å². The fraction of sp³-hybridized carbons (Fsp3) is 0.500. The Hall–Kier alpha value is -1.19.